The number of rotatable bonds is 7. The number of aliphatic carboxylic acids is 1. The Morgan fingerprint density at radius 1 is 1.50 bits per heavy atom. The molecule has 1 amide bonds. The van der Waals surface area contributed by atoms with Crippen LogP contribution in [0.1, 0.15) is 23.2 Å². The zero-order chi connectivity index (χ0) is 15.1. The summed E-state index contributed by atoms with van der Waals surface area (Å²) in [6.45, 7) is 0.417. The Kier molecular flexibility index (Phi) is 6.60. The smallest absolute Gasteiger partial charge is 0.326 e. The summed E-state index contributed by atoms with van der Waals surface area (Å²) in [4.78, 5) is 23.0. The van der Waals surface area contributed by atoms with Gasteiger partial charge in [0.1, 0.15) is 11.9 Å². The van der Waals surface area contributed by atoms with Crippen LogP contribution in [0.25, 0.3) is 0 Å². The maximum Gasteiger partial charge on any atom is 0.326 e. The Morgan fingerprint density at radius 2 is 2.20 bits per heavy atom. The lowest BCUT2D eigenvalue weighted by Crippen LogP contribution is -2.41. The molecule has 0 aliphatic heterocycles. The highest BCUT2D eigenvalue weighted by atomic mass is 79.9. The maximum atomic E-state index is 12.9. The molecule has 0 aliphatic rings. The summed E-state index contributed by atoms with van der Waals surface area (Å²) < 4.78 is 18.1. The summed E-state index contributed by atoms with van der Waals surface area (Å²) >= 11 is 3.07. The maximum absolute atomic E-state index is 12.9. The van der Waals surface area contributed by atoms with Gasteiger partial charge in [-0.2, -0.15) is 0 Å². The van der Waals surface area contributed by atoms with Crippen molar-refractivity contribution >= 4 is 27.8 Å². The quantitative estimate of drug-likeness (QED) is 0.741. The lowest BCUT2D eigenvalue weighted by atomic mass is 10.1. The monoisotopic (exact) mass is 347 g/mol. The van der Waals surface area contributed by atoms with Gasteiger partial charge in [-0.25, -0.2) is 9.18 Å². The zero-order valence-corrected chi connectivity index (χ0v) is 12.4. The van der Waals surface area contributed by atoms with E-state index in [1.54, 1.807) is 0 Å². The minimum Gasteiger partial charge on any atom is -0.480 e. The van der Waals surface area contributed by atoms with E-state index < -0.39 is 23.7 Å². The predicted octanol–water partition coefficient (Wildman–Crippen LogP) is 2.20. The van der Waals surface area contributed by atoms with E-state index in [0.29, 0.717) is 13.0 Å². The van der Waals surface area contributed by atoms with Crippen LogP contribution >= 0.6 is 15.9 Å². The van der Waals surface area contributed by atoms with Gasteiger partial charge in [-0.15, -0.1) is 0 Å². The summed E-state index contributed by atoms with van der Waals surface area (Å²) in [6.07, 6.45) is 0.770. The highest BCUT2D eigenvalue weighted by Crippen LogP contribution is 2.18. The SMILES string of the molecule is COCCCC(NC(=O)c1ccc(F)cc1Br)C(=O)O. The number of carbonyl (C=O) groups is 2. The first-order valence-electron chi connectivity index (χ1n) is 5.93. The number of hydrogen-bond donors (Lipinski definition) is 2. The molecule has 0 radical (unpaired) electrons. The third-order valence-electron chi connectivity index (χ3n) is 2.62. The van der Waals surface area contributed by atoms with E-state index in [1.165, 1.54) is 13.2 Å². The molecule has 0 saturated carbocycles. The highest BCUT2D eigenvalue weighted by Gasteiger charge is 2.21. The van der Waals surface area contributed by atoms with Gasteiger partial charge < -0.3 is 15.2 Å². The molecule has 0 bridgehead atoms. The molecule has 1 rings (SSSR count). The molecule has 2 N–H and O–H groups in total. The van der Waals surface area contributed by atoms with Crippen LogP contribution < -0.4 is 5.32 Å². The van der Waals surface area contributed by atoms with Crippen molar-refractivity contribution in [3.63, 3.8) is 0 Å². The van der Waals surface area contributed by atoms with Crippen molar-refractivity contribution in [1.29, 1.82) is 0 Å². The van der Waals surface area contributed by atoms with E-state index in [9.17, 15) is 14.0 Å². The number of methoxy groups -OCH3 is 1. The molecule has 0 fully saturated rings. The molecule has 1 aromatic rings. The second-order valence-electron chi connectivity index (χ2n) is 4.12. The number of nitrogens with one attached hydrogen (secondary N) is 1. The number of ether oxygens (including phenoxy) is 1. The Labute approximate surface area is 124 Å². The van der Waals surface area contributed by atoms with E-state index in [1.807, 2.05) is 0 Å². The fraction of sp³-hybridized carbons (Fsp3) is 0.385. The average Bonchev–Trinajstić information content (AvgIpc) is 2.37. The molecule has 110 valence electrons. The van der Waals surface area contributed by atoms with Gasteiger partial charge in [0.05, 0.1) is 5.56 Å². The van der Waals surface area contributed by atoms with Crippen LogP contribution in [-0.2, 0) is 9.53 Å². The largest absolute Gasteiger partial charge is 0.480 e. The van der Waals surface area contributed by atoms with Gasteiger partial charge in [0.2, 0.25) is 0 Å². The molecule has 1 atom stereocenters. The van der Waals surface area contributed by atoms with E-state index >= 15 is 0 Å². The minimum absolute atomic E-state index is 0.185. The van der Waals surface area contributed by atoms with Crippen molar-refractivity contribution in [3.05, 3.63) is 34.1 Å². The second kappa shape index (κ2) is 7.96. The fourth-order valence-corrected chi connectivity index (χ4v) is 2.13. The number of carbonyl (C=O) groups excluding carboxylic acids is 1. The van der Waals surface area contributed by atoms with Gasteiger partial charge in [-0.1, -0.05) is 0 Å². The molecule has 0 heterocycles. The highest BCUT2D eigenvalue weighted by molar-refractivity contribution is 9.10. The molecular weight excluding hydrogens is 333 g/mol. The van der Waals surface area contributed by atoms with Crippen molar-refractivity contribution < 1.29 is 23.8 Å². The third-order valence-corrected chi connectivity index (χ3v) is 3.28. The Balaban J connectivity index is 2.72. The van der Waals surface area contributed by atoms with E-state index in [2.05, 4.69) is 21.2 Å². The van der Waals surface area contributed by atoms with Crippen molar-refractivity contribution in [2.24, 2.45) is 0 Å². The van der Waals surface area contributed by atoms with Crippen molar-refractivity contribution in [2.75, 3.05) is 13.7 Å². The molecule has 20 heavy (non-hydrogen) atoms. The van der Waals surface area contributed by atoms with E-state index in [0.717, 1.165) is 12.1 Å². The lowest BCUT2D eigenvalue weighted by molar-refractivity contribution is -0.139. The number of hydrogen-bond acceptors (Lipinski definition) is 3. The summed E-state index contributed by atoms with van der Waals surface area (Å²) in [6, 6.07) is 2.58. The molecule has 0 saturated heterocycles. The lowest BCUT2D eigenvalue weighted by Gasteiger charge is -2.15. The van der Waals surface area contributed by atoms with Crippen molar-refractivity contribution in [3.8, 4) is 0 Å². The van der Waals surface area contributed by atoms with Gasteiger partial charge in [0, 0.05) is 18.2 Å². The van der Waals surface area contributed by atoms with Crippen LogP contribution in [-0.4, -0.2) is 36.7 Å². The summed E-state index contributed by atoms with van der Waals surface area (Å²) in [7, 11) is 1.52. The molecule has 0 spiro atoms. The van der Waals surface area contributed by atoms with Crippen LogP contribution in [0.4, 0.5) is 4.39 Å². The molecule has 1 unspecified atom stereocenters. The number of amides is 1. The number of carboxylic acids is 1. The summed E-state index contributed by atoms with van der Waals surface area (Å²) in [5, 5.41) is 11.5. The normalized spacial score (nSPS) is 11.9. The van der Waals surface area contributed by atoms with Crippen molar-refractivity contribution in [2.45, 2.75) is 18.9 Å². The molecule has 1 aromatic carbocycles. The van der Waals surface area contributed by atoms with E-state index in [4.69, 9.17) is 9.84 Å². The Hall–Kier alpha value is -1.47. The van der Waals surface area contributed by atoms with E-state index in [-0.39, 0.29) is 16.5 Å². The van der Waals surface area contributed by atoms with Gasteiger partial charge in [0.25, 0.3) is 5.91 Å². The van der Waals surface area contributed by atoms with Crippen molar-refractivity contribution in [1.82, 2.24) is 5.32 Å². The standard InChI is InChI=1S/C13H15BrFNO4/c1-20-6-2-3-11(13(18)19)16-12(17)9-5-4-8(15)7-10(9)14/h4-5,7,11H,2-3,6H2,1H3,(H,16,17)(H,18,19). The van der Waals surface area contributed by atoms with Crippen LogP contribution in [0.15, 0.2) is 22.7 Å². The molecular formula is C13H15BrFNO4. The number of carboxylic acid groups (broad SMARTS) is 1. The summed E-state index contributed by atoms with van der Waals surface area (Å²) in [5.41, 5.74) is 0.185. The molecule has 7 heteroatoms. The Bertz CT molecular complexity index is 495. The third kappa shape index (κ3) is 4.90. The van der Waals surface area contributed by atoms with Crippen LogP contribution in [0, 0.1) is 5.82 Å². The van der Waals surface area contributed by atoms with Crippen LogP contribution in [0.2, 0.25) is 0 Å². The van der Waals surface area contributed by atoms with Crippen LogP contribution in [0.5, 0.6) is 0 Å². The summed E-state index contributed by atoms with van der Waals surface area (Å²) in [5.74, 6) is -2.17. The Morgan fingerprint density at radius 3 is 2.75 bits per heavy atom. The number of benzene rings is 1. The first-order chi connectivity index (χ1) is 9.45. The van der Waals surface area contributed by atoms with Gasteiger partial charge in [-0.05, 0) is 47.0 Å². The second-order valence-corrected chi connectivity index (χ2v) is 4.98. The topological polar surface area (TPSA) is 75.6 Å². The average molecular weight is 348 g/mol. The van der Waals surface area contributed by atoms with Gasteiger partial charge >= 0.3 is 5.97 Å². The minimum atomic E-state index is -1.12. The van der Waals surface area contributed by atoms with Crippen LogP contribution in [0.3, 0.4) is 0 Å². The fourth-order valence-electron chi connectivity index (χ4n) is 1.60. The predicted molar refractivity (Wildman–Crippen MR) is 74.1 cm³/mol. The van der Waals surface area contributed by atoms with Gasteiger partial charge in [0.15, 0.2) is 0 Å². The first kappa shape index (κ1) is 16.6. The molecule has 0 aromatic heterocycles. The molecule has 5 nitrogen and oxygen atoms in total. The van der Waals surface area contributed by atoms with Gasteiger partial charge in [-0.3, -0.25) is 4.79 Å². The number of halogens is 2. The zero-order valence-electron chi connectivity index (χ0n) is 10.9. The first-order valence-corrected chi connectivity index (χ1v) is 6.72. The molecule has 0 aliphatic carbocycles.